The summed E-state index contributed by atoms with van der Waals surface area (Å²) in [7, 11) is 0. The van der Waals surface area contributed by atoms with Gasteiger partial charge in [-0.05, 0) is 50.1 Å². The Bertz CT molecular complexity index is 368. The van der Waals surface area contributed by atoms with E-state index in [0.717, 1.165) is 29.8 Å². The Balaban J connectivity index is 1.98. The largest absolute Gasteiger partial charge is 0.330 e. The predicted octanol–water partition coefficient (Wildman–Crippen LogP) is 2.91. The maximum atomic E-state index is 5.58. The lowest BCUT2D eigenvalue weighted by Gasteiger charge is -2.30. The first-order valence-corrected chi connectivity index (χ1v) is 7.22. The van der Waals surface area contributed by atoms with Crippen LogP contribution in [-0.2, 0) is 6.42 Å². The summed E-state index contributed by atoms with van der Waals surface area (Å²) in [5.41, 5.74) is 6.67. The van der Waals surface area contributed by atoms with Gasteiger partial charge in [-0.15, -0.1) is 0 Å². The van der Waals surface area contributed by atoms with Crippen molar-refractivity contribution < 1.29 is 0 Å². The molecule has 18 heavy (non-hydrogen) atoms. The lowest BCUT2D eigenvalue weighted by molar-refractivity contribution is 0.254. The molecule has 1 heterocycles. The quantitative estimate of drug-likeness (QED) is 0.890. The summed E-state index contributed by atoms with van der Waals surface area (Å²) in [5, 5.41) is 0. The molecule has 2 N–H and O–H groups in total. The Labute approximate surface area is 110 Å². The van der Waals surface area contributed by atoms with Gasteiger partial charge in [0.05, 0.1) is 0 Å². The Morgan fingerprint density at radius 3 is 2.61 bits per heavy atom. The van der Waals surface area contributed by atoms with Crippen molar-refractivity contribution in [3.8, 4) is 0 Å². The van der Waals surface area contributed by atoms with Crippen molar-refractivity contribution in [2.75, 3.05) is 6.54 Å². The van der Waals surface area contributed by atoms with Gasteiger partial charge in [-0.25, -0.2) is 9.97 Å². The lowest BCUT2D eigenvalue weighted by Crippen LogP contribution is -2.19. The topological polar surface area (TPSA) is 51.8 Å². The summed E-state index contributed by atoms with van der Waals surface area (Å²) in [6.45, 7) is 5.34. The van der Waals surface area contributed by atoms with E-state index in [-0.39, 0.29) is 0 Å². The van der Waals surface area contributed by atoms with Crippen molar-refractivity contribution in [3.63, 3.8) is 0 Å². The minimum Gasteiger partial charge on any atom is -0.330 e. The van der Waals surface area contributed by atoms with Gasteiger partial charge in [-0.2, -0.15) is 0 Å². The van der Waals surface area contributed by atoms with E-state index in [2.05, 4.69) is 23.8 Å². The smallest absolute Gasteiger partial charge is 0.131 e. The maximum Gasteiger partial charge on any atom is 0.131 e. The van der Waals surface area contributed by atoms with Crippen LogP contribution in [0.2, 0.25) is 0 Å². The van der Waals surface area contributed by atoms with Crippen molar-refractivity contribution in [3.05, 3.63) is 23.8 Å². The average molecular weight is 247 g/mol. The van der Waals surface area contributed by atoms with E-state index in [0.29, 0.717) is 12.5 Å². The van der Waals surface area contributed by atoms with Crippen LogP contribution in [0.15, 0.2) is 12.3 Å². The van der Waals surface area contributed by atoms with E-state index < -0.39 is 0 Å². The van der Waals surface area contributed by atoms with Crippen LogP contribution in [0.5, 0.6) is 0 Å². The number of hydrogen-bond donors (Lipinski definition) is 1. The summed E-state index contributed by atoms with van der Waals surface area (Å²) < 4.78 is 0. The standard InChI is InChI=1S/C15H25N3/c1-11(2)12-3-5-13(6-4-12)15-17-10-8-14(18-15)7-9-16/h8,10-13H,3-7,9,16H2,1-2H3. The zero-order valence-electron chi connectivity index (χ0n) is 11.6. The molecular formula is C15H25N3. The van der Waals surface area contributed by atoms with E-state index in [9.17, 15) is 0 Å². The molecule has 0 aliphatic heterocycles. The summed E-state index contributed by atoms with van der Waals surface area (Å²) >= 11 is 0. The van der Waals surface area contributed by atoms with Crippen molar-refractivity contribution in [2.45, 2.75) is 51.9 Å². The minimum atomic E-state index is 0.567. The number of nitrogens with zero attached hydrogens (tertiary/aromatic N) is 2. The van der Waals surface area contributed by atoms with E-state index >= 15 is 0 Å². The predicted molar refractivity (Wildman–Crippen MR) is 74.3 cm³/mol. The third-order valence-corrected chi connectivity index (χ3v) is 4.21. The fraction of sp³-hybridized carbons (Fsp3) is 0.733. The molecule has 3 nitrogen and oxygen atoms in total. The molecule has 1 aliphatic rings. The Kier molecular flexibility index (Phi) is 4.70. The summed E-state index contributed by atoms with van der Waals surface area (Å²) in [6.07, 6.45) is 7.89. The molecule has 0 bridgehead atoms. The summed E-state index contributed by atoms with van der Waals surface area (Å²) in [6, 6.07) is 1.98. The highest BCUT2D eigenvalue weighted by Gasteiger charge is 2.25. The van der Waals surface area contributed by atoms with Crippen LogP contribution in [0.25, 0.3) is 0 Å². The van der Waals surface area contributed by atoms with Crippen molar-refractivity contribution in [2.24, 2.45) is 17.6 Å². The van der Waals surface area contributed by atoms with Gasteiger partial charge in [0.15, 0.2) is 0 Å². The number of rotatable bonds is 4. The Hall–Kier alpha value is -0.960. The van der Waals surface area contributed by atoms with Gasteiger partial charge >= 0.3 is 0 Å². The number of aromatic nitrogens is 2. The van der Waals surface area contributed by atoms with Gasteiger partial charge in [0, 0.05) is 24.2 Å². The Morgan fingerprint density at radius 2 is 2.00 bits per heavy atom. The zero-order valence-corrected chi connectivity index (χ0v) is 11.6. The molecule has 1 aromatic heterocycles. The van der Waals surface area contributed by atoms with E-state index in [1.165, 1.54) is 25.7 Å². The second kappa shape index (κ2) is 6.28. The molecule has 1 saturated carbocycles. The van der Waals surface area contributed by atoms with E-state index in [1.807, 2.05) is 12.3 Å². The molecule has 100 valence electrons. The van der Waals surface area contributed by atoms with Crippen molar-refractivity contribution >= 4 is 0 Å². The van der Waals surface area contributed by atoms with Gasteiger partial charge in [0.25, 0.3) is 0 Å². The molecule has 0 spiro atoms. The zero-order chi connectivity index (χ0) is 13.0. The SMILES string of the molecule is CC(C)C1CCC(c2nccc(CCN)n2)CC1. The van der Waals surface area contributed by atoms with Gasteiger partial charge in [0.2, 0.25) is 0 Å². The molecular weight excluding hydrogens is 222 g/mol. The third-order valence-electron chi connectivity index (χ3n) is 4.21. The summed E-state index contributed by atoms with van der Waals surface area (Å²) in [4.78, 5) is 9.13. The van der Waals surface area contributed by atoms with Crippen molar-refractivity contribution in [1.29, 1.82) is 0 Å². The normalized spacial score (nSPS) is 24.4. The molecule has 0 saturated heterocycles. The molecule has 3 heteroatoms. The fourth-order valence-corrected chi connectivity index (χ4v) is 2.94. The van der Waals surface area contributed by atoms with Crippen molar-refractivity contribution in [1.82, 2.24) is 9.97 Å². The van der Waals surface area contributed by atoms with Crippen LogP contribution in [0, 0.1) is 11.8 Å². The molecule has 0 radical (unpaired) electrons. The van der Waals surface area contributed by atoms with Crippen LogP contribution in [-0.4, -0.2) is 16.5 Å². The van der Waals surface area contributed by atoms with Crippen LogP contribution >= 0.6 is 0 Å². The van der Waals surface area contributed by atoms with Gasteiger partial charge in [-0.3, -0.25) is 0 Å². The van der Waals surface area contributed by atoms with Crippen LogP contribution in [0.3, 0.4) is 0 Å². The van der Waals surface area contributed by atoms with Gasteiger partial charge in [-0.1, -0.05) is 13.8 Å². The van der Waals surface area contributed by atoms with Crippen LogP contribution in [0.1, 0.15) is 57.0 Å². The second-order valence-electron chi connectivity index (χ2n) is 5.80. The molecule has 1 aliphatic carbocycles. The minimum absolute atomic E-state index is 0.567. The lowest BCUT2D eigenvalue weighted by atomic mass is 9.77. The van der Waals surface area contributed by atoms with Gasteiger partial charge < -0.3 is 5.73 Å². The third kappa shape index (κ3) is 3.29. The van der Waals surface area contributed by atoms with E-state index in [4.69, 9.17) is 5.73 Å². The second-order valence-corrected chi connectivity index (χ2v) is 5.80. The average Bonchev–Trinajstić information content (AvgIpc) is 2.39. The highest BCUT2D eigenvalue weighted by atomic mass is 14.9. The van der Waals surface area contributed by atoms with Gasteiger partial charge in [0.1, 0.15) is 5.82 Å². The van der Waals surface area contributed by atoms with E-state index in [1.54, 1.807) is 0 Å². The number of nitrogens with two attached hydrogens (primary N) is 1. The monoisotopic (exact) mass is 247 g/mol. The maximum absolute atomic E-state index is 5.58. The molecule has 2 rings (SSSR count). The molecule has 0 amide bonds. The first-order chi connectivity index (χ1) is 8.70. The molecule has 1 aromatic rings. The first kappa shape index (κ1) is 13.5. The van der Waals surface area contributed by atoms with Crippen LogP contribution in [0.4, 0.5) is 0 Å². The highest BCUT2D eigenvalue weighted by molar-refractivity contribution is 5.07. The first-order valence-electron chi connectivity index (χ1n) is 7.22. The molecule has 0 aromatic carbocycles. The van der Waals surface area contributed by atoms with Crippen LogP contribution < -0.4 is 5.73 Å². The highest BCUT2D eigenvalue weighted by Crippen LogP contribution is 2.37. The Morgan fingerprint density at radius 1 is 1.28 bits per heavy atom. The summed E-state index contributed by atoms with van der Waals surface area (Å²) in [5.74, 6) is 3.32. The fourth-order valence-electron chi connectivity index (χ4n) is 2.94. The molecule has 0 unspecified atom stereocenters. The number of hydrogen-bond acceptors (Lipinski definition) is 3. The molecule has 1 fully saturated rings. The molecule has 0 atom stereocenters.